The fourth-order valence-electron chi connectivity index (χ4n) is 3.99. The molecule has 0 amide bonds. The van der Waals surface area contributed by atoms with Crippen LogP contribution in [-0.2, 0) is 6.42 Å². The van der Waals surface area contributed by atoms with Crippen LogP contribution >= 0.6 is 0 Å². The zero-order valence-corrected chi connectivity index (χ0v) is 20.6. The normalized spacial score (nSPS) is 12.5. The number of rotatable bonds is 8. The molecule has 0 radical (unpaired) electrons. The number of benzene rings is 1. The van der Waals surface area contributed by atoms with Crippen molar-refractivity contribution in [1.29, 1.82) is 0 Å². The Labute approximate surface area is 210 Å². The minimum absolute atomic E-state index is 0.603. The van der Waals surface area contributed by atoms with E-state index in [2.05, 4.69) is 55.8 Å². The third kappa shape index (κ3) is 5.27. The minimum atomic E-state index is 0.603. The summed E-state index contributed by atoms with van der Waals surface area (Å²) in [7, 11) is 0. The van der Waals surface area contributed by atoms with Gasteiger partial charge in [0, 0.05) is 29.8 Å². The minimum Gasteiger partial charge on any atom is -0.455 e. The van der Waals surface area contributed by atoms with Crippen LogP contribution in [0.25, 0.3) is 11.4 Å². The van der Waals surface area contributed by atoms with Gasteiger partial charge in [-0.3, -0.25) is 4.98 Å². The van der Waals surface area contributed by atoms with E-state index in [0.29, 0.717) is 29.6 Å². The molecular formula is C28H27N7O. The Kier molecular flexibility index (Phi) is 6.75. The van der Waals surface area contributed by atoms with Crippen molar-refractivity contribution in [2.45, 2.75) is 33.6 Å². The van der Waals surface area contributed by atoms with E-state index in [1.54, 1.807) is 12.4 Å². The maximum atomic E-state index is 6.31. The number of hydrogen-bond acceptors (Lipinski definition) is 8. The van der Waals surface area contributed by atoms with Gasteiger partial charge >= 0.3 is 0 Å². The lowest BCUT2D eigenvalue weighted by Gasteiger charge is -2.15. The fourth-order valence-corrected chi connectivity index (χ4v) is 3.99. The summed E-state index contributed by atoms with van der Waals surface area (Å²) in [4.78, 5) is 13.7. The first-order valence-electron chi connectivity index (χ1n) is 11.9. The highest BCUT2D eigenvalue weighted by Gasteiger charge is 2.14. The number of nitrogens with zero attached hydrogens (tertiary/aromatic N) is 6. The highest BCUT2D eigenvalue weighted by molar-refractivity contribution is 5.87. The number of aromatic nitrogens is 3. The largest absolute Gasteiger partial charge is 0.455 e. The summed E-state index contributed by atoms with van der Waals surface area (Å²) in [6.45, 7) is 6.73. The van der Waals surface area contributed by atoms with E-state index >= 15 is 0 Å². The summed E-state index contributed by atoms with van der Waals surface area (Å²) in [5.74, 6) is 2.01. The number of anilines is 2. The average molecular weight is 478 g/mol. The van der Waals surface area contributed by atoms with Crippen LogP contribution < -0.4 is 10.1 Å². The Bertz CT molecular complexity index is 1450. The zero-order valence-electron chi connectivity index (χ0n) is 20.6. The van der Waals surface area contributed by atoms with E-state index < -0.39 is 0 Å². The second-order valence-electron chi connectivity index (χ2n) is 8.70. The molecule has 0 fully saturated rings. The second kappa shape index (κ2) is 10.4. The first-order valence-corrected chi connectivity index (χ1v) is 11.9. The van der Waals surface area contributed by atoms with E-state index in [0.717, 1.165) is 41.2 Å². The predicted octanol–water partition coefficient (Wildman–Crippen LogP) is 6.75. The van der Waals surface area contributed by atoms with Crippen molar-refractivity contribution in [3.05, 3.63) is 89.4 Å². The second-order valence-corrected chi connectivity index (χ2v) is 8.70. The number of aryl methyl sites for hydroxylation is 3. The topological polar surface area (TPSA) is 97.0 Å². The molecule has 4 aromatic rings. The summed E-state index contributed by atoms with van der Waals surface area (Å²) in [5.41, 5.74) is 7.92. The van der Waals surface area contributed by atoms with Crippen molar-refractivity contribution in [2.24, 2.45) is 15.4 Å². The maximum absolute atomic E-state index is 6.31. The molecule has 1 aliphatic rings. The molecule has 8 heteroatoms. The molecule has 180 valence electrons. The average Bonchev–Trinajstić information content (AvgIpc) is 3.41. The molecule has 0 saturated carbocycles. The van der Waals surface area contributed by atoms with Gasteiger partial charge < -0.3 is 10.1 Å². The van der Waals surface area contributed by atoms with Gasteiger partial charge in [-0.25, -0.2) is 9.97 Å². The first kappa shape index (κ1) is 23.3. The molecule has 4 heterocycles. The predicted molar refractivity (Wildman–Crippen MR) is 141 cm³/mol. The highest BCUT2D eigenvalue weighted by atomic mass is 16.5. The number of pyridine rings is 3. The van der Waals surface area contributed by atoms with Gasteiger partial charge in [0.15, 0.2) is 5.75 Å². The molecule has 8 nitrogen and oxygen atoms in total. The SMILES string of the molecule is Cc1cc(Oc2ccnc(Nc3cccc(CCC4=NN=NC4)c3C)c2)c(-c2ccccn2)nc1C. The number of ether oxygens (including phenoxy) is 1. The monoisotopic (exact) mass is 477 g/mol. The Balaban J connectivity index is 1.36. The molecule has 0 unspecified atom stereocenters. The highest BCUT2D eigenvalue weighted by Crippen LogP contribution is 2.33. The molecule has 0 aliphatic carbocycles. The van der Waals surface area contributed by atoms with Gasteiger partial charge in [-0.1, -0.05) is 18.2 Å². The molecule has 1 N–H and O–H groups in total. The summed E-state index contributed by atoms with van der Waals surface area (Å²) in [6, 6.07) is 17.7. The van der Waals surface area contributed by atoms with E-state index in [4.69, 9.17) is 9.72 Å². The molecule has 1 aromatic carbocycles. The van der Waals surface area contributed by atoms with Gasteiger partial charge in [0.1, 0.15) is 23.8 Å². The van der Waals surface area contributed by atoms with E-state index in [1.807, 2.05) is 50.2 Å². The van der Waals surface area contributed by atoms with Gasteiger partial charge in [0.25, 0.3) is 0 Å². The molecule has 0 bridgehead atoms. The summed E-state index contributed by atoms with van der Waals surface area (Å²) in [6.07, 6.45) is 5.23. The van der Waals surface area contributed by atoms with Crippen molar-refractivity contribution in [2.75, 3.05) is 11.9 Å². The van der Waals surface area contributed by atoms with Crippen molar-refractivity contribution < 1.29 is 4.74 Å². The van der Waals surface area contributed by atoms with Gasteiger partial charge in [0.05, 0.1) is 11.4 Å². The van der Waals surface area contributed by atoms with Crippen molar-refractivity contribution in [3.8, 4) is 22.9 Å². The fraction of sp³-hybridized carbons (Fsp3) is 0.214. The molecular weight excluding hydrogens is 450 g/mol. The van der Waals surface area contributed by atoms with Crippen molar-refractivity contribution in [1.82, 2.24) is 15.0 Å². The molecule has 3 aromatic heterocycles. The standard InChI is InChI=1S/C28H27N7O/c1-18-15-26(28(32-20(18)3)25-8-4-5-13-29-25)36-23-12-14-30-27(16-23)33-24-9-6-7-21(19(24)2)10-11-22-17-31-35-34-22/h4-9,12-16H,10-11,17H2,1-3H3,(H,30,33). The summed E-state index contributed by atoms with van der Waals surface area (Å²) < 4.78 is 6.31. The van der Waals surface area contributed by atoms with Gasteiger partial charge in [-0.05, 0) is 85.9 Å². The third-order valence-electron chi connectivity index (χ3n) is 6.19. The lowest BCUT2D eigenvalue weighted by Crippen LogP contribution is -2.04. The van der Waals surface area contributed by atoms with E-state index in [1.165, 1.54) is 11.1 Å². The molecule has 0 atom stereocenters. The smallest absolute Gasteiger partial charge is 0.155 e. The van der Waals surface area contributed by atoms with Crippen LogP contribution in [0.3, 0.4) is 0 Å². The Morgan fingerprint density at radius 2 is 1.83 bits per heavy atom. The van der Waals surface area contributed by atoms with Crippen LogP contribution in [0.2, 0.25) is 0 Å². The van der Waals surface area contributed by atoms with E-state index in [-0.39, 0.29) is 0 Å². The molecule has 0 saturated heterocycles. The Morgan fingerprint density at radius 1 is 0.917 bits per heavy atom. The molecule has 0 spiro atoms. The molecule has 36 heavy (non-hydrogen) atoms. The van der Waals surface area contributed by atoms with Crippen LogP contribution in [0.5, 0.6) is 11.5 Å². The third-order valence-corrected chi connectivity index (χ3v) is 6.19. The van der Waals surface area contributed by atoms with Gasteiger partial charge in [-0.2, -0.15) is 5.11 Å². The van der Waals surface area contributed by atoms with Gasteiger partial charge in [-0.15, -0.1) is 5.10 Å². The molecule has 5 rings (SSSR count). The quantitative estimate of drug-likeness (QED) is 0.303. The summed E-state index contributed by atoms with van der Waals surface area (Å²) >= 11 is 0. The maximum Gasteiger partial charge on any atom is 0.155 e. The van der Waals surface area contributed by atoms with Crippen LogP contribution in [0.4, 0.5) is 11.5 Å². The number of hydrogen-bond donors (Lipinski definition) is 1. The Morgan fingerprint density at radius 3 is 2.64 bits per heavy atom. The van der Waals surface area contributed by atoms with Crippen LogP contribution in [-0.4, -0.2) is 27.2 Å². The van der Waals surface area contributed by atoms with Crippen LogP contribution in [0.15, 0.2) is 82.4 Å². The lowest BCUT2D eigenvalue weighted by atomic mass is 10.0. The van der Waals surface area contributed by atoms with Crippen LogP contribution in [0.1, 0.15) is 28.8 Å². The first-order chi connectivity index (χ1) is 17.6. The lowest BCUT2D eigenvalue weighted by molar-refractivity contribution is 0.481. The van der Waals surface area contributed by atoms with Crippen LogP contribution in [0, 0.1) is 20.8 Å². The Hall–Kier alpha value is -4.46. The van der Waals surface area contributed by atoms with Gasteiger partial charge in [0.2, 0.25) is 0 Å². The summed E-state index contributed by atoms with van der Waals surface area (Å²) in [5, 5.41) is 15.2. The number of nitrogens with one attached hydrogen (secondary N) is 1. The van der Waals surface area contributed by atoms with Crippen molar-refractivity contribution >= 4 is 17.2 Å². The molecule has 1 aliphatic heterocycles. The van der Waals surface area contributed by atoms with Crippen molar-refractivity contribution in [3.63, 3.8) is 0 Å². The van der Waals surface area contributed by atoms with E-state index in [9.17, 15) is 0 Å². The zero-order chi connectivity index (χ0) is 24.9.